The standard InChI is InChI=1S/C30H46O3/c1-4-5-6-7-8-9-10-11-12-28(32)33-27-16-15-25-24-14-13-22-21-23(31)17-19-29(22,2)26(24)18-20-30(25,27)3/h17,19,21,24-27H,4-16,18,20H2,1-3H3/t24?,25?,26?,27-,29-,30-/m0/s1. The molecule has 0 aromatic rings. The van der Waals surface area contributed by atoms with Gasteiger partial charge in [0.1, 0.15) is 6.10 Å². The molecule has 0 amide bonds. The molecular weight excluding hydrogens is 408 g/mol. The van der Waals surface area contributed by atoms with E-state index in [0.29, 0.717) is 24.2 Å². The fraction of sp³-hybridized carbons (Fsp3) is 0.800. The lowest BCUT2D eigenvalue weighted by atomic mass is 9.48. The molecule has 0 aliphatic heterocycles. The number of ketones is 1. The molecule has 0 spiro atoms. The van der Waals surface area contributed by atoms with Gasteiger partial charge < -0.3 is 4.74 Å². The Balaban J connectivity index is 1.28. The number of hydrogen-bond acceptors (Lipinski definition) is 3. The minimum absolute atomic E-state index is 0.0320. The molecule has 0 radical (unpaired) electrons. The zero-order chi connectivity index (χ0) is 23.5. The van der Waals surface area contributed by atoms with E-state index in [-0.39, 0.29) is 28.7 Å². The molecule has 3 unspecified atom stereocenters. The van der Waals surface area contributed by atoms with Crippen LogP contribution >= 0.6 is 0 Å². The SMILES string of the molecule is CCCCCCCCCCC(=O)O[C@H]1CCC2C3CCC4=CC(=O)C=C[C@]4(C)C3CC[C@@]21C. The van der Waals surface area contributed by atoms with Crippen LogP contribution in [0.5, 0.6) is 0 Å². The number of fused-ring (bicyclic) bond motifs is 5. The minimum atomic E-state index is 0.0320. The van der Waals surface area contributed by atoms with E-state index >= 15 is 0 Å². The van der Waals surface area contributed by atoms with Crippen molar-refractivity contribution in [2.45, 2.75) is 123 Å². The molecule has 0 aromatic heterocycles. The van der Waals surface area contributed by atoms with Gasteiger partial charge in [0.2, 0.25) is 0 Å². The maximum absolute atomic E-state index is 12.7. The lowest BCUT2D eigenvalue weighted by Gasteiger charge is -2.56. The van der Waals surface area contributed by atoms with Gasteiger partial charge in [0.15, 0.2) is 5.78 Å². The molecule has 3 nitrogen and oxygen atoms in total. The van der Waals surface area contributed by atoms with E-state index in [1.54, 1.807) is 6.08 Å². The van der Waals surface area contributed by atoms with Gasteiger partial charge in [-0.2, -0.15) is 0 Å². The van der Waals surface area contributed by atoms with E-state index in [2.05, 4.69) is 26.8 Å². The molecule has 6 atom stereocenters. The molecule has 3 fully saturated rings. The molecule has 0 bridgehead atoms. The number of carbonyl (C=O) groups is 2. The third-order valence-electron chi connectivity index (χ3n) is 9.98. The molecule has 4 aliphatic rings. The quantitative estimate of drug-likeness (QED) is 0.250. The lowest BCUT2D eigenvalue weighted by molar-refractivity contribution is -0.159. The highest BCUT2D eigenvalue weighted by molar-refractivity contribution is 6.01. The Kier molecular flexibility index (Phi) is 7.86. The molecule has 0 aromatic carbocycles. The van der Waals surface area contributed by atoms with E-state index in [1.165, 1.54) is 63.4 Å². The summed E-state index contributed by atoms with van der Waals surface area (Å²) in [6.07, 6.45) is 23.4. The Morgan fingerprint density at radius 3 is 2.45 bits per heavy atom. The van der Waals surface area contributed by atoms with Crippen LogP contribution in [0, 0.1) is 28.6 Å². The van der Waals surface area contributed by atoms with Crippen LogP contribution < -0.4 is 0 Å². The fourth-order valence-electron chi connectivity index (χ4n) is 7.96. The number of allylic oxidation sites excluding steroid dienone is 4. The van der Waals surface area contributed by atoms with E-state index < -0.39 is 0 Å². The Bertz CT molecular complexity index is 779. The van der Waals surface area contributed by atoms with Crippen LogP contribution in [0.25, 0.3) is 0 Å². The fourth-order valence-corrected chi connectivity index (χ4v) is 7.96. The highest BCUT2D eigenvalue weighted by atomic mass is 16.5. The largest absolute Gasteiger partial charge is 0.462 e. The maximum atomic E-state index is 12.7. The summed E-state index contributed by atoms with van der Waals surface area (Å²) in [6, 6.07) is 0. The van der Waals surface area contributed by atoms with Crippen LogP contribution in [0.4, 0.5) is 0 Å². The van der Waals surface area contributed by atoms with E-state index in [4.69, 9.17) is 4.74 Å². The molecule has 3 heteroatoms. The van der Waals surface area contributed by atoms with Crippen molar-refractivity contribution in [1.82, 2.24) is 0 Å². The zero-order valence-electron chi connectivity index (χ0n) is 21.4. The molecule has 0 saturated heterocycles. The van der Waals surface area contributed by atoms with Gasteiger partial charge in [-0.05, 0) is 74.9 Å². The highest BCUT2D eigenvalue weighted by Crippen LogP contribution is 2.64. The van der Waals surface area contributed by atoms with Crippen molar-refractivity contribution in [2.24, 2.45) is 28.6 Å². The molecule has 0 N–H and O–H groups in total. The average molecular weight is 455 g/mol. The lowest BCUT2D eigenvalue weighted by Crippen LogP contribution is -2.51. The monoisotopic (exact) mass is 454 g/mol. The van der Waals surface area contributed by atoms with Crippen molar-refractivity contribution in [3.8, 4) is 0 Å². The summed E-state index contributed by atoms with van der Waals surface area (Å²) in [4.78, 5) is 24.6. The summed E-state index contributed by atoms with van der Waals surface area (Å²) in [7, 11) is 0. The number of hydrogen-bond donors (Lipinski definition) is 0. The summed E-state index contributed by atoms with van der Waals surface area (Å²) in [5.41, 5.74) is 1.52. The summed E-state index contributed by atoms with van der Waals surface area (Å²) >= 11 is 0. The Labute approximate surface area is 201 Å². The molecular formula is C30H46O3. The number of rotatable bonds is 10. The summed E-state index contributed by atoms with van der Waals surface area (Å²) in [6.45, 7) is 7.02. The Morgan fingerprint density at radius 1 is 0.970 bits per heavy atom. The first-order valence-corrected chi connectivity index (χ1v) is 14.0. The van der Waals surface area contributed by atoms with Gasteiger partial charge in [-0.15, -0.1) is 0 Å². The van der Waals surface area contributed by atoms with Crippen molar-refractivity contribution in [1.29, 1.82) is 0 Å². The first-order valence-electron chi connectivity index (χ1n) is 14.0. The number of ether oxygens (including phenoxy) is 1. The maximum Gasteiger partial charge on any atom is 0.306 e. The summed E-state index contributed by atoms with van der Waals surface area (Å²) in [5, 5.41) is 0. The highest BCUT2D eigenvalue weighted by Gasteiger charge is 2.59. The summed E-state index contributed by atoms with van der Waals surface area (Å²) < 4.78 is 6.16. The second-order valence-corrected chi connectivity index (χ2v) is 11.9. The van der Waals surface area contributed by atoms with E-state index in [0.717, 1.165) is 32.1 Å². The van der Waals surface area contributed by atoms with Gasteiger partial charge >= 0.3 is 5.97 Å². The van der Waals surface area contributed by atoms with Crippen LogP contribution in [0.15, 0.2) is 23.8 Å². The molecule has 184 valence electrons. The van der Waals surface area contributed by atoms with E-state index in [9.17, 15) is 9.59 Å². The molecule has 33 heavy (non-hydrogen) atoms. The van der Waals surface area contributed by atoms with Gasteiger partial charge in [0.05, 0.1) is 0 Å². The Morgan fingerprint density at radius 2 is 1.70 bits per heavy atom. The van der Waals surface area contributed by atoms with Crippen LogP contribution in [0.3, 0.4) is 0 Å². The van der Waals surface area contributed by atoms with Gasteiger partial charge in [-0.25, -0.2) is 0 Å². The van der Waals surface area contributed by atoms with Crippen LogP contribution in [-0.2, 0) is 14.3 Å². The van der Waals surface area contributed by atoms with E-state index in [1.807, 2.05) is 6.08 Å². The second-order valence-electron chi connectivity index (χ2n) is 11.9. The minimum Gasteiger partial charge on any atom is -0.462 e. The third kappa shape index (κ3) is 5.03. The topological polar surface area (TPSA) is 43.4 Å². The molecule has 4 rings (SSSR count). The van der Waals surface area contributed by atoms with Gasteiger partial charge in [0.25, 0.3) is 0 Å². The third-order valence-corrected chi connectivity index (χ3v) is 9.98. The van der Waals surface area contributed by atoms with Crippen LogP contribution in [-0.4, -0.2) is 17.9 Å². The van der Waals surface area contributed by atoms with Gasteiger partial charge in [-0.1, -0.05) is 77.4 Å². The van der Waals surface area contributed by atoms with Crippen molar-refractivity contribution in [2.75, 3.05) is 0 Å². The Hall–Kier alpha value is -1.38. The van der Waals surface area contributed by atoms with Gasteiger partial charge in [0, 0.05) is 17.3 Å². The average Bonchev–Trinajstić information content (AvgIpc) is 3.12. The number of esters is 1. The molecule has 0 heterocycles. The van der Waals surface area contributed by atoms with Crippen molar-refractivity contribution < 1.29 is 14.3 Å². The smallest absolute Gasteiger partial charge is 0.306 e. The van der Waals surface area contributed by atoms with Crippen molar-refractivity contribution in [3.63, 3.8) is 0 Å². The normalized spacial score (nSPS) is 37.2. The molecule has 3 saturated carbocycles. The van der Waals surface area contributed by atoms with Crippen LogP contribution in [0.2, 0.25) is 0 Å². The van der Waals surface area contributed by atoms with Gasteiger partial charge in [-0.3, -0.25) is 9.59 Å². The predicted molar refractivity (Wildman–Crippen MR) is 134 cm³/mol. The van der Waals surface area contributed by atoms with Crippen molar-refractivity contribution in [3.05, 3.63) is 23.8 Å². The summed E-state index contributed by atoms with van der Waals surface area (Å²) in [5.74, 6) is 2.13. The molecule has 4 aliphatic carbocycles. The first-order chi connectivity index (χ1) is 15.9. The predicted octanol–water partition coefficient (Wildman–Crippen LogP) is 7.74. The van der Waals surface area contributed by atoms with Crippen molar-refractivity contribution >= 4 is 11.8 Å². The zero-order valence-corrected chi connectivity index (χ0v) is 21.4. The number of unbranched alkanes of at least 4 members (excludes halogenated alkanes) is 7. The van der Waals surface area contributed by atoms with Crippen LogP contribution in [0.1, 0.15) is 117 Å². The second kappa shape index (κ2) is 10.5. The number of carbonyl (C=O) groups excluding carboxylic acids is 2. The first kappa shape index (κ1) is 24.7.